The normalized spacial score (nSPS) is 17.6. The lowest BCUT2D eigenvalue weighted by Crippen LogP contribution is -2.36. The fourth-order valence-corrected chi connectivity index (χ4v) is 3.75. The van der Waals surface area contributed by atoms with Crippen LogP contribution in [0.3, 0.4) is 0 Å². The summed E-state index contributed by atoms with van der Waals surface area (Å²) in [5.41, 5.74) is 4.53. The molecule has 4 heteroatoms. The van der Waals surface area contributed by atoms with E-state index in [9.17, 15) is 4.79 Å². The van der Waals surface area contributed by atoms with Gasteiger partial charge in [0, 0.05) is 19.0 Å². The van der Waals surface area contributed by atoms with E-state index in [1.807, 2.05) is 12.1 Å². The molecule has 126 valence electrons. The Morgan fingerprint density at radius 3 is 2.76 bits per heavy atom. The molecule has 2 aromatic carbocycles. The molecule has 0 saturated carbocycles. The molecule has 0 N–H and O–H groups in total. The minimum atomic E-state index is 0.0874. The van der Waals surface area contributed by atoms with E-state index in [1.54, 1.807) is 6.33 Å². The highest BCUT2D eigenvalue weighted by molar-refractivity contribution is 6.02. The van der Waals surface area contributed by atoms with Crippen molar-refractivity contribution < 1.29 is 4.79 Å². The molecule has 0 aliphatic carbocycles. The summed E-state index contributed by atoms with van der Waals surface area (Å²) in [6.45, 7) is 3.79. The van der Waals surface area contributed by atoms with Gasteiger partial charge < -0.3 is 9.69 Å². The molecule has 1 atom stereocenters. The quantitative estimate of drug-likeness (QED) is 0.680. The second-order valence-electron chi connectivity index (χ2n) is 6.70. The van der Waals surface area contributed by atoms with Gasteiger partial charge in [0.2, 0.25) is 0 Å². The highest BCUT2D eigenvalue weighted by Gasteiger charge is 2.23. The smallest absolute Gasteiger partial charge is 0.140 e. The molecule has 1 aliphatic heterocycles. The predicted octanol–water partition coefficient (Wildman–Crippen LogP) is 4.02. The standard InChI is InChI=1S/C21H21N3O/c1-15-6-2-3-8-17(15)18-9-4-10-19-20(18)21(23-14-22-19)24-11-5-7-16(12-24)13-25/h2-4,6,8-10,13-14,16H,5,7,11-12H2,1H3. The third-order valence-electron chi connectivity index (χ3n) is 5.03. The average molecular weight is 331 g/mol. The molecule has 0 radical (unpaired) electrons. The number of anilines is 1. The van der Waals surface area contributed by atoms with E-state index in [0.717, 1.165) is 54.5 Å². The van der Waals surface area contributed by atoms with E-state index in [4.69, 9.17) is 0 Å². The number of hydrogen-bond donors (Lipinski definition) is 0. The van der Waals surface area contributed by atoms with Gasteiger partial charge in [-0.1, -0.05) is 36.4 Å². The van der Waals surface area contributed by atoms with E-state index < -0.39 is 0 Å². The van der Waals surface area contributed by atoms with Crippen molar-refractivity contribution in [1.82, 2.24) is 9.97 Å². The van der Waals surface area contributed by atoms with Crippen LogP contribution in [0.2, 0.25) is 0 Å². The lowest BCUT2D eigenvalue weighted by molar-refractivity contribution is -0.111. The molecule has 25 heavy (non-hydrogen) atoms. The lowest BCUT2D eigenvalue weighted by Gasteiger charge is -2.32. The van der Waals surface area contributed by atoms with Crippen LogP contribution in [0.15, 0.2) is 48.8 Å². The number of fused-ring (bicyclic) bond motifs is 1. The van der Waals surface area contributed by atoms with Crippen molar-refractivity contribution in [2.45, 2.75) is 19.8 Å². The fourth-order valence-electron chi connectivity index (χ4n) is 3.75. The minimum absolute atomic E-state index is 0.0874. The number of benzene rings is 2. The maximum Gasteiger partial charge on any atom is 0.140 e. The van der Waals surface area contributed by atoms with Crippen molar-refractivity contribution in [3.63, 3.8) is 0 Å². The van der Waals surface area contributed by atoms with Crippen molar-refractivity contribution in [3.8, 4) is 11.1 Å². The van der Waals surface area contributed by atoms with Gasteiger partial charge in [0.05, 0.1) is 10.9 Å². The number of aryl methyl sites for hydroxylation is 1. The Balaban J connectivity index is 1.91. The molecule has 1 aromatic heterocycles. The van der Waals surface area contributed by atoms with Gasteiger partial charge in [-0.3, -0.25) is 0 Å². The first-order valence-corrected chi connectivity index (χ1v) is 8.78. The van der Waals surface area contributed by atoms with Crippen LogP contribution in [0.4, 0.5) is 5.82 Å². The third-order valence-corrected chi connectivity index (χ3v) is 5.03. The molecule has 2 heterocycles. The number of carbonyl (C=O) groups excluding carboxylic acids is 1. The number of rotatable bonds is 3. The Kier molecular flexibility index (Phi) is 4.18. The van der Waals surface area contributed by atoms with Gasteiger partial charge >= 0.3 is 0 Å². The molecule has 1 saturated heterocycles. The highest BCUT2D eigenvalue weighted by Crippen LogP contribution is 2.36. The van der Waals surface area contributed by atoms with Gasteiger partial charge in [0.15, 0.2) is 0 Å². The summed E-state index contributed by atoms with van der Waals surface area (Å²) < 4.78 is 0. The lowest BCUT2D eigenvalue weighted by atomic mass is 9.95. The summed E-state index contributed by atoms with van der Waals surface area (Å²) in [5.74, 6) is 1.03. The first kappa shape index (κ1) is 15.8. The maximum atomic E-state index is 11.3. The molecule has 0 amide bonds. The van der Waals surface area contributed by atoms with Crippen LogP contribution in [0, 0.1) is 12.8 Å². The zero-order valence-electron chi connectivity index (χ0n) is 14.4. The summed E-state index contributed by atoms with van der Waals surface area (Å²) in [6, 6.07) is 14.6. The molecule has 0 bridgehead atoms. The molecule has 0 spiro atoms. The number of hydrogen-bond acceptors (Lipinski definition) is 4. The van der Waals surface area contributed by atoms with Crippen LogP contribution in [0.5, 0.6) is 0 Å². The summed E-state index contributed by atoms with van der Waals surface area (Å²) >= 11 is 0. The fraction of sp³-hybridized carbons (Fsp3) is 0.286. The van der Waals surface area contributed by atoms with Gasteiger partial charge in [0.25, 0.3) is 0 Å². The zero-order valence-corrected chi connectivity index (χ0v) is 14.4. The third kappa shape index (κ3) is 2.88. The Morgan fingerprint density at radius 1 is 1.08 bits per heavy atom. The van der Waals surface area contributed by atoms with Crippen molar-refractivity contribution >= 4 is 23.0 Å². The van der Waals surface area contributed by atoms with Gasteiger partial charge in [-0.15, -0.1) is 0 Å². The van der Waals surface area contributed by atoms with Gasteiger partial charge in [-0.2, -0.15) is 0 Å². The van der Waals surface area contributed by atoms with Crippen molar-refractivity contribution in [2.24, 2.45) is 5.92 Å². The number of nitrogens with zero attached hydrogens (tertiary/aromatic N) is 3. The van der Waals surface area contributed by atoms with Crippen LogP contribution < -0.4 is 4.90 Å². The zero-order chi connectivity index (χ0) is 17.2. The number of aldehydes is 1. The van der Waals surface area contributed by atoms with Gasteiger partial charge in [-0.05, 0) is 42.5 Å². The van der Waals surface area contributed by atoms with Gasteiger partial charge in [0.1, 0.15) is 18.4 Å². The van der Waals surface area contributed by atoms with Crippen LogP contribution >= 0.6 is 0 Å². The second kappa shape index (κ2) is 6.63. The van der Waals surface area contributed by atoms with Crippen molar-refractivity contribution in [3.05, 3.63) is 54.4 Å². The average Bonchev–Trinajstić information content (AvgIpc) is 2.67. The first-order valence-electron chi connectivity index (χ1n) is 8.78. The second-order valence-corrected chi connectivity index (χ2v) is 6.70. The molecule has 1 fully saturated rings. The van der Waals surface area contributed by atoms with Gasteiger partial charge in [-0.25, -0.2) is 9.97 Å². The topological polar surface area (TPSA) is 46.1 Å². The highest BCUT2D eigenvalue weighted by atomic mass is 16.1. The maximum absolute atomic E-state index is 11.3. The number of piperidine rings is 1. The van der Waals surface area contributed by atoms with Crippen molar-refractivity contribution in [1.29, 1.82) is 0 Å². The van der Waals surface area contributed by atoms with E-state index in [2.05, 4.69) is 52.1 Å². The van der Waals surface area contributed by atoms with E-state index in [-0.39, 0.29) is 5.92 Å². The minimum Gasteiger partial charge on any atom is -0.355 e. The van der Waals surface area contributed by atoms with E-state index >= 15 is 0 Å². The van der Waals surface area contributed by atoms with Crippen molar-refractivity contribution in [2.75, 3.05) is 18.0 Å². The van der Waals surface area contributed by atoms with E-state index in [1.165, 1.54) is 11.1 Å². The Bertz CT molecular complexity index is 917. The molecular weight excluding hydrogens is 310 g/mol. The van der Waals surface area contributed by atoms with Crippen LogP contribution in [0.25, 0.3) is 22.0 Å². The first-order chi connectivity index (χ1) is 12.3. The van der Waals surface area contributed by atoms with Crippen LogP contribution in [-0.2, 0) is 4.79 Å². The molecule has 1 unspecified atom stereocenters. The molecule has 1 aliphatic rings. The summed E-state index contributed by atoms with van der Waals surface area (Å²) in [4.78, 5) is 22.6. The molecule has 4 nitrogen and oxygen atoms in total. The largest absolute Gasteiger partial charge is 0.355 e. The summed E-state index contributed by atoms with van der Waals surface area (Å²) in [6.07, 6.45) is 4.69. The predicted molar refractivity (Wildman–Crippen MR) is 101 cm³/mol. The summed E-state index contributed by atoms with van der Waals surface area (Å²) in [7, 11) is 0. The van der Waals surface area contributed by atoms with Crippen LogP contribution in [-0.4, -0.2) is 29.3 Å². The Morgan fingerprint density at radius 2 is 1.92 bits per heavy atom. The molecule has 4 rings (SSSR count). The Labute approximate surface area is 147 Å². The SMILES string of the molecule is Cc1ccccc1-c1cccc2ncnc(N3CCCC(C=O)C3)c12. The monoisotopic (exact) mass is 331 g/mol. The summed E-state index contributed by atoms with van der Waals surface area (Å²) in [5, 5.41) is 1.07. The van der Waals surface area contributed by atoms with E-state index in [0.29, 0.717) is 0 Å². The number of carbonyl (C=O) groups is 1. The Hall–Kier alpha value is -2.75. The molecular formula is C21H21N3O. The number of aromatic nitrogens is 2. The van der Waals surface area contributed by atoms with Crippen LogP contribution in [0.1, 0.15) is 18.4 Å². The molecule has 3 aromatic rings.